The van der Waals surface area contributed by atoms with E-state index in [9.17, 15) is 0 Å². The molecule has 0 saturated carbocycles. The predicted octanol–water partition coefficient (Wildman–Crippen LogP) is 3.03. The molecule has 2 aromatic heterocycles. The molecule has 0 aliphatic rings. The van der Waals surface area contributed by atoms with Crippen molar-refractivity contribution in [1.82, 2.24) is 4.98 Å². The van der Waals surface area contributed by atoms with Crippen molar-refractivity contribution in [2.45, 2.75) is 6.04 Å². The highest BCUT2D eigenvalue weighted by Gasteiger charge is 2.08. The lowest BCUT2D eigenvalue weighted by Gasteiger charge is -2.08. The fraction of sp³-hybridized carbons (Fsp3) is 0.100. The maximum absolute atomic E-state index is 6.03. The number of thiophene rings is 1. The predicted molar refractivity (Wildman–Crippen MR) is 69.1 cm³/mol. The molecule has 0 aliphatic heterocycles. The highest BCUT2D eigenvalue weighted by Crippen LogP contribution is 2.22. The largest absolute Gasteiger partial charge is 0.320 e. The summed E-state index contributed by atoms with van der Waals surface area (Å²) in [6, 6.07) is 7.92. The Bertz CT molecular complexity index is 364. The van der Waals surface area contributed by atoms with E-state index in [1.807, 2.05) is 35.8 Å². The first-order chi connectivity index (χ1) is 6.38. The van der Waals surface area contributed by atoms with Gasteiger partial charge in [0.05, 0.1) is 6.04 Å². The van der Waals surface area contributed by atoms with Crippen LogP contribution in [0.25, 0.3) is 0 Å². The van der Waals surface area contributed by atoms with Gasteiger partial charge in [0, 0.05) is 17.3 Å². The van der Waals surface area contributed by atoms with Crippen molar-refractivity contribution >= 4 is 36.2 Å². The molecule has 0 fully saturated rings. The van der Waals surface area contributed by atoms with Crippen LogP contribution in [-0.2, 0) is 0 Å². The molecule has 0 bridgehead atoms. The standard InChI is InChI=1S/C10H10N2S.2ClH/c11-10(9-4-2-6-13-9)8-3-1-5-12-7-8;;/h1-7,10H,11H2;2*1H. The Balaban J connectivity index is 0.000000980. The van der Waals surface area contributed by atoms with Crippen molar-refractivity contribution < 1.29 is 0 Å². The Morgan fingerprint density at radius 1 is 1.20 bits per heavy atom. The van der Waals surface area contributed by atoms with E-state index in [-0.39, 0.29) is 30.9 Å². The van der Waals surface area contributed by atoms with Gasteiger partial charge < -0.3 is 5.73 Å². The minimum Gasteiger partial charge on any atom is -0.320 e. The zero-order chi connectivity index (χ0) is 9.10. The van der Waals surface area contributed by atoms with E-state index in [0.717, 1.165) is 5.56 Å². The molecule has 0 amide bonds. The number of nitrogens with two attached hydrogens (primary N) is 1. The van der Waals surface area contributed by atoms with E-state index in [1.54, 1.807) is 17.5 Å². The summed E-state index contributed by atoms with van der Waals surface area (Å²) in [5.41, 5.74) is 7.09. The average molecular weight is 263 g/mol. The Morgan fingerprint density at radius 2 is 2.00 bits per heavy atom. The molecule has 82 valence electrons. The molecule has 2 nitrogen and oxygen atoms in total. The first-order valence-corrected chi connectivity index (χ1v) is 4.95. The molecule has 0 radical (unpaired) electrons. The Labute approximate surface area is 105 Å². The smallest absolute Gasteiger partial charge is 0.0661 e. The topological polar surface area (TPSA) is 38.9 Å². The third-order valence-corrected chi connectivity index (χ3v) is 2.85. The number of halogens is 2. The van der Waals surface area contributed by atoms with Crippen LogP contribution in [0, 0.1) is 0 Å². The van der Waals surface area contributed by atoms with Crippen LogP contribution >= 0.6 is 36.2 Å². The third kappa shape index (κ3) is 3.47. The van der Waals surface area contributed by atoms with Crippen LogP contribution in [0.4, 0.5) is 0 Å². The number of pyridine rings is 1. The fourth-order valence-corrected chi connectivity index (χ4v) is 1.95. The Morgan fingerprint density at radius 3 is 2.53 bits per heavy atom. The van der Waals surface area contributed by atoms with Gasteiger partial charge in [-0.05, 0) is 23.1 Å². The van der Waals surface area contributed by atoms with Gasteiger partial charge in [-0.15, -0.1) is 36.2 Å². The Hall–Kier alpha value is -0.610. The van der Waals surface area contributed by atoms with Crippen LogP contribution in [0.1, 0.15) is 16.5 Å². The second-order valence-electron chi connectivity index (χ2n) is 2.78. The lowest BCUT2D eigenvalue weighted by atomic mass is 10.1. The quantitative estimate of drug-likeness (QED) is 0.904. The summed E-state index contributed by atoms with van der Waals surface area (Å²) in [4.78, 5) is 5.21. The molecule has 5 heteroatoms. The molecule has 2 heterocycles. The van der Waals surface area contributed by atoms with Crippen molar-refractivity contribution in [3.05, 3.63) is 52.5 Å². The summed E-state index contributed by atoms with van der Waals surface area (Å²) in [6.45, 7) is 0. The van der Waals surface area contributed by atoms with E-state index in [1.165, 1.54) is 4.88 Å². The normalized spacial score (nSPS) is 11.0. The van der Waals surface area contributed by atoms with E-state index < -0.39 is 0 Å². The van der Waals surface area contributed by atoms with Gasteiger partial charge in [0.1, 0.15) is 0 Å². The van der Waals surface area contributed by atoms with Gasteiger partial charge in [0.2, 0.25) is 0 Å². The summed E-state index contributed by atoms with van der Waals surface area (Å²) in [6.07, 6.45) is 3.56. The molecule has 1 unspecified atom stereocenters. The van der Waals surface area contributed by atoms with E-state index >= 15 is 0 Å². The molecule has 0 spiro atoms. The van der Waals surface area contributed by atoms with Gasteiger partial charge in [0.15, 0.2) is 0 Å². The zero-order valence-corrected chi connectivity index (χ0v) is 10.3. The van der Waals surface area contributed by atoms with Crippen LogP contribution in [0.3, 0.4) is 0 Å². The number of rotatable bonds is 2. The molecule has 2 rings (SSSR count). The van der Waals surface area contributed by atoms with Crippen molar-refractivity contribution in [2.24, 2.45) is 5.73 Å². The number of nitrogens with zero attached hydrogens (tertiary/aromatic N) is 1. The molecule has 15 heavy (non-hydrogen) atoms. The van der Waals surface area contributed by atoms with Gasteiger partial charge in [-0.1, -0.05) is 12.1 Å². The molecule has 2 aromatic rings. The minimum atomic E-state index is -0.0336. The first kappa shape index (κ1) is 14.4. The van der Waals surface area contributed by atoms with Gasteiger partial charge >= 0.3 is 0 Å². The molecule has 0 aromatic carbocycles. The molecular weight excluding hydrogens is 251 g/mol. The van der Waals surface area contributed by atoms with E-state index in [4.69, 9.17) is 5.73 Å². The van der Waals surface area contributed by atoms with Crippen molar-refractivity contribution in [2.75, 3.05) is 0 Å². The second-order valence-corrected chi connectivity index (χ2v) is 3.76. The third-order valence-electron chi connectivity index (χ3n) is 1.89. The number of hydrogen-bond acceptors (Lipinski definition) is 3. The highest BCUT2D eigenvalue weighted by molar-refractivity contribution is 7.10. The zero-order valence-electron chi connectivity index (χ0n) is 7.87. The molecular formula is C10H12Cl2N2S. The molecule has 2 N–H and O–H groups in total. The SMILES string of the molecule is Cl.Cl.NC(c1cccnc1)c1cccs1. The maximum Gasteiger partial charge on any atom is 0.0661 e. The molecule has 0 aliphatic carbocycles. The van der Waals surface area contributed by atoms with Crippen LogP contribution in [0.5, 0.6) is 0 Å². The number of aromatic nitrogens is 1. The van der Waals surface area contributed by atoms with Crippen molar-refractivity contribution in [3.8, 4) is 0 Å². The highest BCUT2D eigenvalue weighted by atomic mass is 35.5. The van der Waals surface area contributed by atoms with E-state index in [2.05, 4.69) is 4.98 Å². The van der Waals surface area contributed by atoms with Crippen LogP contribution < -0.4 is 5.73 Å². The van der Waals surface area contributed by atoms with Gasteiger partial charge in [-0.2, -0.15) is 0 Å². The molecule has 0 saturated heterocycles. The fourth-order valence-electron chi connectivity index (χ4n) is 1.19. The minimum absolute atomic E-state index is 0. The molecule has 1 atom stereocenters. The summed E-state index contributed by atoms with van der Waals surface area (Å²) >= 11 is 1.67. The summed E-state index contributed by atoms with van der Waals surface area (Å²) in [5.74, 6) is 0. The van der Waals surface area contributed by atoms with Gasteiger partial charge in [-0.25, -0.2) is 0 Å². The monoisotopic (exact) mass is 262 g/mol. The van der Waals surface area contributed by atoms with Crippen LogP contribution in [0.2, 0.25) is 0 Å². The first-order valence-electron chi connectivity index (χ1n) is 4.07. The summed E-state index contributed by atoms with van der Waals surface area (Å²) in [5, 5.41) is 2.03. The van der Waals surface area contributed by atoms with Crippen molar-refractivity contribution in [3.63, 3.8) is 0 Å². The lowest BCUT2D eigenvalue weighted by molar-refractivity contribution is 0.884. The second kappa shape index (κ2) is 6.80. The van der Waals surface area contributed by atoms with Gasteiger partial charge in [0.25, 0.3) is 0 Å². The summed E-state index contributed by atoms with van der Waals surface area (Å²) in [7, 11) is 0. The number of hydrogen-bond donors (Lipinski definition) is 1. The van der Waals surface area contributed by atoms with Gasteiger partial charge in [-0.3, -0.25) is 4.98 Å². The Kier molecular flexibility index (Phi) is 6.52. The van der Waals surface area contributed by atoms with Crippen LogP contribution in [-0.4, -0.2) is 4.98 Å². The van der Waals surface area contributed by atoms with Crippen molar-refractivity contribution in [1.29, 1.82) is 0 Å². The van der Waals surface area contributed by atoms with Crippen LogP contribution in [0.15, 0.2) is 42.0 Å². The van der Waals surface area contributed by atoms with E-state index in [0.29, 0.717) is 0 Å². The lowest BCUT2D eigenvalue weighted by Crippen LogP contribution is -2.09. The maximum atomic E-state index is 6.03. The average Bonchev–Trinajstić information content (AvgIpc) is 2.71. The summed E-state index contributed by atoms with van der Waals surface area (Å²) < 4.78 is 0.